The summed E-state index contributed by atoms with van der Waals surface area (Å²) in [4.78, 5) is 12.4. The third kappa shape index (κ3) is 4.05. The van der Waals surface area contributed by atoms with E-state index in [0.29, 0.717) is 11.5 Å². The molecule has 0 heterocycles. The Hall–Kier alpha value is -1.66. The Labute approximate surface area is 143 Å². The van der Waals surface area contributed by atoms with Gasteiger partial charge in [0, 0.05) is 18.2 Å². The second-order valence-electron chi connectivity index (χ2n) is 6.86. The van der Waals surface area contributed by atoms with Gasteiger partial charge in [0.15, 0.2) is 0 Å². The van der Waals surface area contributed by atoms with Gasteiger partial charge in [-0.25, -0.2) is 13.1 Å². The Bertz CT molecular complexity index is 712. The molecule has 0 radical (unpaired) electrons. The summed E-state index contributed by atoms with van der Waals surface area (Å²) in [6, 6.07) is 7.01. The Morgan fingerprint density at radius 2 is 1.96 bits per heavy atom. The van der Waals surface area contributed by atoms with E-state index in [9.17, 15) is 13.2 Å². The zero-order valence-corrected chi connectivity index (χ0v) is 14.5. The molecular weight excluding hydrogens is 324 g/mol. The van der Waals surface area contributed by atoms with E-state index in [1.54, 1.807) is 24.3 Å². The smallest absolute Gasteiger partial charge is 0.227 e. The average Bonchev–Trinajstić information content (AvgIpc) is 3.18. The second-order valence-corrected chi connectivity index (χ2v) is 8.67. The first-order chi connectivity index (χ1) is 11.5. The number of anilines is 1. The molecule has 1 aromatic rings. The van der Waals surface area contributed by atoms with Crippen LogP contribution in [-0.2, 0) is 20.6 Å². The van der Waals surface area contributed by atoms with Crippen molar-refractivity contribution in [3.63, 3.8) is 0 Å². The monoisotopic (exact) mass is 348 g/mol. The van der Waals surface area contributed by atoms with Gasteiger partial charge in [-0.1, -0.05) is 24.6 Å². The number of fused-ring (bicyclic) bond motifs is 2. The lowest BCUT2D eigenvalue weighted by molar-refractivity contribution is -0.121. The molecule has 0 saturated heterocycles. The summed E-state index contributed by atoms with van der Waals surface area (Å²) in [6.07, 6.45) is 6.18. The number of hydrogen-bond acceptors (Lipinski definition) is 3. The van der Waals surface area contributed by atoms with Crippen LogP contribution in [0.4, 0.5) is 5.69 Å². The van der Waals surface area contributed by atoms with Crippen molar-refractivity contribution >= 4 is 21.6 Å². The van der Waals surface area contributed by atoms with Crippen LogP contribution in [0.5, 0.6) is 0 Å². The molecule has 3 rings (SSSR count). The fourth-order valence-electron chi connectivity index (χ4n) is 3.94. The van der Waals surface area contributed by atoms with Crippen molar-refractivity contribution in [1.29, 1.82) is 0 Å². The molecule has 6 heteroatoms. The van der Waals surface area contributed by atoms with Crippen LogP contribution >= 0.6 is 0 Å². The highest BCUT2D eigenvalue weighted by atomic mass is 32.2. The van der Waals surface area contributed by atoms with Gasteiger partial charge >= 0.3 is 0 Å². The quantitative estimate of drug-likeness (QED) is 0.744. The maximum absolute atomic E-state index is 12.4. The summed E-state index contributed by atoms with van der Waals surface area (Å²) >= 11 is 0. The molecule has 2 saturated carbocycles. The van der Waals surface area contributed by atoms with Gasteiger partial charge in [-0.15, -0.1) is 6.58 Å². The van der Waals surface area contributed by atoms with Crippen LogP contribution in [0.15, 0.2) is 36.9 Å². The number of hydrogen-bond donors (Lipinski definition) is 2. The van der Waals surface area contributed by atoms with Crippen LogP contribution in [0.1, 0.15) is 31.2 Å². The lowest BCUT2D eigenvalue weighted by Gasteiger charge is -2.20. The fourth-order valence-corrected chi connectivity index (χ4v) is 5.05. The number of sulfonamides is 1. The van der Waals surface area contributed by atoms with E-state index in [4.69, 9.17) is 0 Å². The highest BCUT2D eigenvalue weighted by Gasteiger charge is 2.42. The predicted octanol–water partition coefficient (Wildman–Crippen LogP) is 2.67. The van der Waals surface area contributed by atoms with E-state index in [1.807, 2.05) is 0 Å². The molecular formula is C18H24N2O3S. The molecule has 24 heavy (non-hydrogen) atoms. The van der Waals surface area contributed by atoms with E-state index in [2.05, 4.69) is 16.6 Å². The van der Waals surface area contributed by atoms with Gasteiger partial charge in [0.2, 0.25) is 15.9 Å². The zero-order valence-electron chi connectivity index (χ0n) is 13.7. The molecule has 0 unspecified atom stereocenters. The minimum atomic E-state index is -3.36. The van der Waals surface area contributed by atoms with Crippen molar-refractivity contribution in [1.82, 2.24) is 4.72 Å². The van der Waals surface area contributed by atoms with Crippen molar-refractivity contribution in [2.45, 2.75) is 31.4 Å². The molecule has 2 aliphatic rings. The fraction of sp³-hybridized carbons (Fsp3) is 0.500. The van der Waals surface area contributed by atoms with Gasteiger partial charge in [-0.2, -0.15) is 0 Å². The molecule has 2 bridgehead atoms. The van der Waals surface area contributed by atoms with Gasteiger partial charge in [0.05, 0.1) is 5.75 Å². The topological polar surface area (TPSA) is 75.3 Å². The number of rotatable bonds is 7. The number of carbonyl (C=O) groups is 1. The maximum atomic E-state index is 12.4. The Morgan fingerprint density at radius 3 is 2.54 bits per heavy atom. The summed E-state index contributed by atoms with van der Waals surface area (Å²) in [7, 11) is -3.36. The molecule has 0 aliphatic heterocycles. The third-order valence-electron chi connectivity index (χ3n) is 5.10. The molecule has 2 fully saturated rings. The largest absolute Gasteiger partial charge is 0.326 e. The second kappa shape index (κ2) is 7.07. The predicted molar refractivity (Wildman–Crippen MR) is 94.8 cm³/mol. The highest BCUT2D eigenvalue weighted by Crippen LogP contribution is 2.48. The molecule has 2 N–H and O–H groups in total. The van der Waals surface area contributed by atoms with Crippen molar-refractivity contribution in [3.05, 3.63) is 42.5 Å². The van der Waals surface area contributed by atoms with E-state index in [1.165, 1.54) is 25.3 Å². The van der Waals surface area contributed by atoms with Crippen molar-refractivity contribution in [2.24, 2.45) is 17.8 Å². The lowest BCUT2D eigenvalue weighted by Crippen LogP contribution is -2.27. The van der Waals surface area contributed by atoms with Crippen molar-refractivity contribution in [2.75, 3.05) is 11.9 Å². The molecule has 1 aromatic carbocycles. The standard InChI is InChI=1S/C18H24N2O3S/c1-2-9-19-24(22,23)12-13-4-7-16(8-5-13)20-18(21)17-11-14-3-6-15(17)10-14/h2,4-5,7-8,14-15,17,19H,1,3,6,9-12H2,(H,20,21)/t14-,15-,17-/m0/s1. The zero-order chi connectivity index (χ0) is 17.2. The van der Waals surface area contributed by atoms with Crippen LogP contribution in [0, 0.1) is 17.8 Å². The summed E-state index contributed by atoms with van der Waals surface area (Å²) in [5.41, 5.74) is 1.41. The summed E-state index contributed by atoms with van der Waals surface area (Å²) in [5.74, 6) is 1.46. The Balaban J connectivity index is 1.56. The van der Waals surface area contributed by atoms with E-state index < -0.39 is 10.0 Å². The molecule has 5 nitrogen and oxygen atoms in total. The Kier molecular flexibility index (Phi) is 5.06. The Morgan fingerprint density at radius 1 is 1.21 bits per heavy atom. The molecule has 0 spiro atoms. The molecule has 0 aromatic heterocycles. The summed E-state index contributed by atoms with van der Waals surface area (Å²) in [5, 5.41) is 2.98. The van der Waals surface area contributed by atoms with E-state index in [0.717, 1.165) is 18.0 Å². The minimum absolute atomic E-state index is 0.0819. The SMILES string of the molecule is C=CCNS(=O)(=O)Cc1ccc(NC(=O)[C@H]2C[C@H]3CC[C@H]2C3)cc1. The number of benzene rings is 1. The van der Waals surface area contributed by atoms with Gasteiger partial charge in [-0.3, -0.25) is 4.79 Å². The molecule has 130 valence electrons. The third-order valence-corrected chi connectivity index (χ3v) is 6.42. The van der Waals surface area contributed by atoms with E-state index >= 15 is 0 Å². The van der Waals surface area contributed by atoms with Crippen molar-refractivity contribution < 1.29 is 13.2 Å². The molecule has 2 aliphatic carbocycles. The number of carbonyl (C=O) groups excluding carboxylic acids is 1. The van der Waals surface area contributed by atoms with Crippen LogP contribution < -0.4 is 10.0 Å². The highest BCUT2D eigenvalue weighted by molar-refractivity contribution is 7.88. The minimum Gasteiger partial charge on any atom is -0.326 e. The molecule has 1 amide bonds. The number of nitrogens with one attached hydrogen (secondary N) is 2. The summed E-state index contributed by atoms with van der Waals surface area (Å²) < 4.78 is 26.1. The average molecular weight is 348 g/mol. The van der Waals surface area contributed by atoms with Crippen molar-refractivity contribution in [3.8, 4) is 0 Å². The van der Waals surface area contributed by atoms with Crippen LogP contribution in [0.25, 0.3) is 0 Å². The lowest BCUT2D eigenvalue weighted by atomic mass is 9.88. The van der Waals surface area contributed by atoms with Gasteiger partial charge in [0.25, 0.3) is 0 Å². The molecule has 3 atom stereocenters. The van der Waals surface area contributed by atoms with Crippen LogP contribution in [0.2, 0.25) is 0 Å². The van der Waals surface area contributed by atoms with Crippen LogP contribution in [0.3, 0.4) is 0 Å². The first-order valence-corrected chi connectivity index (χ1v) is 10.1. The maximum Gasteiger partial charge on any atom is 0.227 e. The van der Waals surface area contributed by atoms with Gasteiger partial charge in [0.1, 0.15) is 0 Å². The normalized spacial score (nSPS) is 25.6. The van der Waals surface area contributed by atoms with E-state index in [-0.39, 0.29) is 24.1 Å². The van der Waals surface area contributed by atoms with Gasteiger partial charge in [-0.05, 0) is 48.8 Å². The van der Waals surface area contributed by atoms with Crippen LogP contribution in [-0.4, -0.2) is 20.9 Å². The first kappa shape index (κ1) is 17.2. The number of amides is 1. The van der Waals surface area contributed by atoms with Gasteiger partial charge < -0.3 is 5.32 Å². The first-order valence-electron chi connectivity index (χ1n) is 8.45. The summed E-state index contributed by atoms with van der Waals surface area (Å²) in [6.45, 7) is 3.71.